The molecule has 2 aromatic carbocycles. The van der Waals surface area contributed by atoms with Crippen LogP contribution in [-0.4, -0.2) is 44.3 Å². The number of nitrogens with zero attached hydrogens (tertiary/aromatic N) is 4. The molecule has 0 saturated heterocycles. The number of nitriles is 2. The molecule has 2 fully saturated rings. The fourth-order valence-electron chi connectivity index (χ4n) is 7.26. The van der Waals surface area contributed by atoms with Crippen molar-refractivity contribution in [3.8, 4) is 46.2 Å². The molecule has 2 heterocycles. The first-order valence-corrected chi connectivity index (χ1v) is 16.8. The van der Waals surface area contributed by atoms with Crippen LogP contribution in [0.25, 0.3) is 22.5 Å². The summed E-state index contributed by atoms with van der Waals surface area (Å²) in [5.74, 6) is -1.19. The van der Waals surface area contributed by atoms with Crippen molar-refractivity contribution in [1.82, 2.24) is 9.97 Å². The summed E-state index contributed by atoms with van der Waals surface area (Å²) in [4.78, 5) is 31.9. The Kier molecular flexibility index (Phi) is 11.4. The number of carboxylic acid groups (broad SMARTS) is 1. The first-order chi connectivity index (χ1) is 24.6. The fraction of sp³-hybridized carbons (Fsp3) is 0.333. The van der Waals surface area contributed by atoms with Gasteiger partial charge in [0.15, 0.2) is 0 Å². The quantitative estimate of drug-likeness (QED) is 0.135. The number of carboxylic acids is 1. The topological polar surface area (TPSA) is 229 Å². The molecule has 0 radical (unpaired) electrons. The minimum atomic E-state index is -0.800. The van der Waals surface area contributed by atoms with Crippen LogP contribution in [0, 0.1) is 34.5 Å². The van der Waals surface area contributed by atoms with Gasteiger partial charge in [-0.2, -0.15) is 10.5 Å². The summed E-state index contributed by atoms with van der Waals surface area (Å²) in [5.41, 5.74) is 16.3. The van der Waals surface area contributed by atoms with E-state index >= 15 is 0 Å². The standard InChI is InChI=1S/C20H21N3O3.C19H19N3O3/c1-26-20(25)13-6-4-5-12(9-13)15-10-17(23-19(22)16(15)11-21)14-7-2-3-8-18(14)24;20-10-15-14(11-4-3-5-12(8-11)19(24)25)9-16(22-18(15)21)13-6-1-2-7-17(13)23/h2-3,7-8,10,12-13,24H,4-6,9H2,1H3,(H2,22,23);1-2,6-7,9,11-12,23H,3-5,8H2,(H2,21,22)(H,24,25). The summed E-state index contributed by atoms with van der Waals surface area (Å²) >= 11 is 0. The van der Waals surface area contributed by atoms with Crippen LogP contribution in [-0.2, 0) is 14.3 Å². The maximum atomic E-state index is 11.9. The van der Waals surface area contributed by atoms with Crippen molar-refractivity contribution >= 4 is 23.6 Å². The van der Waals surface area contributed by atoms with E-state index in [1.165, 1.54) is 7.11 Å². The molecule has 2 aliphatic carbocycles. The van der Waals surface area contributed by atoms with Gasteiger partial charge in [0, 0.05) is 11.1 Å². The zero-order valence-corrected chi connectivity index (χ0v) is 28.2. The molecular weight excluding hydrogens is 648 g/mol. The van der Waals surface area contributed by atoms with Crippen molar-refractivity contribution in [1.29, 1.82) is 10.5 Å². The number of nitrogens with two attached hydrogens (primary N) is 2. The highest BCUT2D eigenvalue weighted by atomic mass is 16.5. The highest BCUT2D eigenvalue weighted by Crippen LogP contribution is 2.42. The van der Waals surface area contributed by atoms with Gasteiger partial charge in [-0.3, -0.25) is 9.59 Å². The van der Waals surface area contributed by atoms with E-state index in [2.05, 4.69) is 22.1 Å². The highest BCUT2D eigenvalue weighted by molar-refractivity contribution is 5.74. The number of phenols is 2. The molecule has 4 aromatic rings. The number of rotatable bonds is 6. The van der Waals surface area contributed by atoms with Crippen LogP contribution in [0.5, 0.6) is 11.5 Å². The number of para-hydroxylation sites is 2. The molecule has 4 unspecified atom stereocenters. The number of benzene rings is 2. The second kappa shape index (κ2) is 16.0. The van der Waals surface area contributed by atoms with Crippen LogP contribution in [0.1, 0.15) is 85.5 Å². The summed E-state index contributed by atoms with van der Waals surface area (Å²) in [6, 6.07) is 21.5. The minimum Gasteiger partial charge on any atom is -0.507 e. The van der Waals surface area contributed by atoms with Gasteiger partial charge >= 0.3 is 11.9 Å². The monoisotopic (exact) mass is 688 g/mol. The lowest BCUT2D eigenvalue weighted by Gasteiger charge is -2.28. The van der Waals surface area contributed by atoms with E-state index in [9.17, 15) is 35.4 Å². The second-order valence-corrected chi connectivity index (χ2v) is 13.0. The number of phenolic OH excluding ortho intramolecular Hbond substituents is 2. The van der Waals surface area contributed by atoms with Crippen LogP contribution in [0.3, 0.4) is 0 Å². The van der Waals surface area contributed by atoms with Crippen molar-refractivity contribution in [3.05, 3.63) is 82.9 Å². The third-order valence-corrected chi connectivity index (χ3v) is 9.85. The van der Waals surface area contributed by atoms with E-state index in [0.29, 0.717) is 52.9 Å². The number of pyridine rings is 2. The lowest BCUT2D eigenvalue weighted by molar-refractivity contribution is -0.146. The number of aliphatic carboxylic acids is 1. The molecule has 2 aliphatic rings. The maximum absolute atomic E-state index is 11.9. The number of aromatic hydroxyl groups is 2. The van der Waals surface area contributed by atoms with Crippen molar-refractivity contribution < 1.29 is 29.6 Å². The van der Waals surface area contributed by atoms with Crippen LogP contribution >= 0.6 is 0 Å². The van der Waals surface area contributed by atoms with Crippen LogP contribution in [0.2, 0.25) is 0 Å². The summed E-state index contributed by atoms with van der Waals surface area (Å²) in [5, 5.41) is 48.6. The summed E-state index contributed by atoms with van der Waals surface area (Å²) < 4.78 is 4.89. The second-order valence-electron chi connectivity index (χ2n) is 13.0. The number of anilines is 2. The average molecular weight is 689 g/mol. The molecular formula is C39H40N6O6. The van der Waals surface area contributed by atoms with Gasteiger partial charge in [-0.05, 0) is 97.9 Å². The summed E-state index contributed by atoms with van der Waals surface area (Å²) in [6.07, 6.45) is 5.88. The maximum Gasteiger partial charge on any atom is 0.308 e. The van der Waals surface area contributed by atoms with Crippen LogP contribution in [0.4, 0.5) is 11.6 Å². The van der Waals surface area contributed by atoms with Crippen molar-refractivity contribution in [2.24, 2.45) is 11.8 Å². The van der Waals surface area contributed by atoms with Gasteiger partial charge in [0.2, 0.25) is 0 Å². The number of carbonyl (C=O) groups excluding carboxylic acids is 1. The smallest absolute Gasteiger partial charge is 0.308 e. The lowest BCUT2D eigenvalue weighted by atomic mass is 9.76. The number of aromatic nitrogens is 2. The van der Waals surface area contributed by atoms with E-state index in [4.69, 9.17) is 16.2 Å². The molecule has 0 bridgehead atoms. The third kappa shape index (κ3) is 8.03. The molecule has 2 saturated carbocycles. The first-order valence-electron chi connectivity index (χ1n) is 16.8. The van der Waals surface area contributed by atoms with E-state index in [1.807, 2.05) is 6.07 Å². The number of nitrogen functional groups attached to an aromatic ring is 2. The number of ether oxygens (including phenoxy) is 1. The van der Waals surface area contributed by atoms with Gasteiger partial charge in [-0.15, -0.1) is 0 Å². The Morgan fingerprint density at radius 3 is 1.59 bits per heavy atom. The third-order valence-electron chi connectivity index (χ3n) is 9.85. The SMILES string of the molecule is COC(=O)C1CCCC(c2cc(-c3ccccc3O)nc(N)c2C#N)C1.N#Cc1c(C2CCCC(C(=O)O)C2)cc(-c2ccccc2O)nc1N. The Hall–Kier alpha value is -6.14. The Balaban J connectivity index is 0.000000198. The summed E-state index contributed by atoms with van der Waals surface area (Å²) in [6.45, 7) is 0. The van der Waals surface area contributed by atoms with Crippen molar-refractivity contribution in [2.75, 3.05) is 18.6 Å². The van der Waals surface area contributed by atoms with E-state index < -0.39 is 11.9 Å². The summed E-state index contributed by atoms with van der Waals surface area (Å²) in [7, 11) is 1.40. The largest absolute Gasteiger partial charge is 0.507 e. The Morgan fingerprint density at radius 2 is 1.18 bits per heavy atom. The number of methoxy groups -OCH3 is 1. The van der Waals surface area contributed by atoms with Gasteiger partial charge < -0.3 is 31.5 Å². The number of hydrogen-bond donors (Lipinski definition) is 5. The van der Waals surface area contributed by atoms with Crippen LogP contribution in [0.15, 0.2) is 60.7 Å². The molecule has 0 aliphatic heterocycles. The fourth-order valence-corrected chi connectivity index (χ4v) is 7.26. The number of carbonyl (C=O) groups is 2. The molecule has 2 aromatic heterocycles. The van der Waals surface area contributed by atoms with Gasteiger partial charge in [-0.1, -0.05) is 37.1 Å². The normalized spacial score (nSPS) is 19.7. The highest BCUT2D eigenvalue weighted by Gasteiger charge is 2.32. The van der Waals surface area contributed by atoms with Crippen molar-refractivity contribution in [2.45, 2.75) is 63.2 Å². The molecule has 262 valence electrons. The molecule has 51 heavy (non-hydrogen) atoms. The van der Waals surface area contributed by atoms with Gasteiger partial charge in [0.1, 0.15) is 35.3 Å². The molecule has 12 heteroatoms. The Bertz CT molecular complexity index is 2020. The zero-order valence-electron chi connectivity index (χ0n) is 28.2. The van der Waals surface area contributed by atoms with Crippen LogP contribution < -0.4 is 11.5 Å². The van der Waals surface area contributed by atoms with Gasteiger partial charge in [0.25, 0.3) is 0 Å². The van der Waals surface area contributed by atoms with Gasteiger partial charge in [-0.25, -0.2) is 9.97 Å². The van der Waals surface area contributed by atoms with Gasteiger partial charge in [0.05, 0.1) is 41.5 Å². The first kappa shape index (κ1) is 36.1. The Labute approximate surface area is 296 Å². The predicted octanol–water partition coefficient (Wildman–Crippen LogP) is 6.62. The average Bonchev–Trinajstić information content (AvgIpc) is 3.14. The Morgan fingerprint density at radius 1 is 0.745 bits per heavy atom. The molecule has 0 spiro atoms. The molecule has 0 amide bonds. The lowest BCUT2D eigenvalue weighted by Crippen LogP contribution is -2.23. The number of hydrogen-bond acceptors (Lipinski definition) is 11. The molecule has 4 atom stereocenters. The molecule has 7 N–H and O–H groups in total. The minimum absolute atomic E-state index is 0.0254. The number of esters is 1. The van der Waals surface area contributed by atoms with E-state index in [0.717, 1.165) is 43.2 Å². The van der Waals surface area contributed by atoms with Crippen molar-refractivity contribution in [3.63, 3.8) is 0 Å². The predicted molar refractivity (Wildman–Crippen MR) is 190 cm³/mol. The zero-order chi connectivity index (χ0) is 36.7. The molecule has 12 nitrogen and oxygen atoms in total. The van der Waals surface area contributed by atoms with E-state index in [-0.39, 0.29) is 46.9 Å². The van der Waals surface area contributed by atoms with E-state index in [1.54, 1.807) is 54.6 Å². The molecule has 6 rings (SSSR count).